The zero-order valence-electron chi connectivity index (χ0n) is 15.4. The van der Waals surface area contributed by atoms with Gasteiger partial charge >= 0.3 is 0 Å². The molecule has 26 heavy (non-hydrogen) atoms. The van der Waals surface area contributed by atoms with Crippen LogP contribution in [0.3, 0.4) is 0 Å². The number of para-hydroxylation sites is 2. The Morgan fingerprint density at radius 2 is 1.69 bits per heavy atom. The molecule has 1 aromatic heterocycles. The van der Waals surface area contributed by atoms with Gasteiger partial charge in [-0.05, 0) is 42.5 Å². The van der Waals surface area contributed by atoms with Crippen LogP contribution in [0.2, 0.25) is 0 Å². The molecule has 0 amide bonds. The van der Waals surface area contributed by atoms with Gasteiger partial charge in [-0.25, -0.2) is 4.68 Å². The highest BCUT2D eigenvalue weighted by atomic mass is 16.1. The first kappa shape index (κ1) is 16.6. The van der Waals surface area contributed by atoms with E-state index in [0.29, 0.717) is 12.2 Å². The van der Waals surface area contributed by atoms with E-state index in [1.54, 1.807) is 0 Å². The summed E-state index contributed by atoms with van der Waals surface area (Å²) in [5, 5.41) is 8.19. The van der Waals surface area contributed by atoms with Gasteiger partial charge < -0.3 is 5.32 Å². The lowest BCUT2D eigenvalue weighted by molar-refractivity contribution is 0.0912. The average Bonchev–Trinajstić information content (AvgIpc) is 2.95. The van der Waals surface area contributed by atoms with Crippen LogP contribution in [0.15, 0.2) is 54.6 Å². The summed E-state index contributed by atoms with van der Waals surface area (Å²) < 4.78 is 1.93. The molecule has 0 saturated heterocycles. The summed E-state index contributed by atoms with van der Waals surface area (Å²) in [7, 11) is 0. The van der Waals surface area contributed by atoms with Gasteiger partial charge in [0, 0.05) is 12.1 Å². The maximum absolute atomic E-state index is 12.9. The number of benzene rings is 2. The van der Waals surface area contributed by atoms with Crippen molar-refractivity contribution in [3.63, 3.8) is 0 Å². The van der Waals surface area contributed by atoms with Crippen molar-refractivity contribution in [2.75, 3.05) is 5.32 Å². The van der Waals surface area contributed by atoms with E-state index in [0.717, 1.165) is 34.6 Å². The first-order valence-corrected chi connectivity index (χ1v) is 8.98. The lowest BCUT2D eigenvalue weighted by atomic mass is 9.76. The number of hydrogen-bond donors (Lipinski definition) is 1. The van der Waals surface area contributed by atoms with Gasteiger partial charge in [-0.15, -0.1) is 5.10 Å². The zero-order chi connectivity index (χ0) is 18.3. The van der Waals surface area contributed by atoms with E-state index >= 15 is 0 Å². The summed E-state index contributed by atoms with van der Waals surface area (Å²) in [5.74, 6) is 0.813. The molecule has 0 spiro atoms. The third kappa shape index (κ3) is 2.92. The molecule has 1 heterocycles. The first-order valence-electron chi connectivity index (χ1n) is 8.98. The van der Waals surface area contributed by atoms with Crippen LogP contribution in [0.4, 0.5) is 11.5 Å². The molecule has 1 aliphatic rings. The van der Waals surface area contributed by atoms with Crippen molar-refractivity contribution in [1.82, 2.24) is 9.78 Å². The summed E-state index contributed by atoms with van der Waals surface area (Å²) in [6.07, 6.45) is 1.37. The van der Waals surface area contributed by atoms with Crippen LogP contribution < -0.4 is 5.32 Å². The first-order chi connectivity index (χ1) is 12.4. The molecule has 132 valence electrons. The van der Waals surface area contributed by atoms with Crippen LogP contribution in [-0.4, -0.2) is 15.6 Å². The second-order valence-electron chi connectivity index (χ2n) is 7.80. The van der Waals surface area contributed by atoms with Gasteiger partial charge in [-0.1, -0.05) is 50.2 Å². The minimum absolute atomic E-state index is 0.0589. The lowest BCUT2D eigenvalue weighted by Crippen LogP contribution is -2.28. The van der Waals surface area contributed by atoms with Crippen molar-refractivity contribution in [1.29, 1.82) is 0 Å². The number of nitrogens with one attached hydrogen (secondary N) is 1. The minimum atomic E-state index is -0.0589. The van der Waals surface area contributed by atoms with E-state index in [2.05, 4.69) is 19.2 Å². The molecule has 0 unspecified atom stereocenters. The van der Waals surface area contributed by atoms with Crippen molar-refractivity contribution in [3.8, 4) is 5.69 Å². The van der Waals surface area contributed by atoms with E-state index in [-0.39, 0.29) is 11.2 Å². The second-order valence-corrected chi connectivity index (χ2v) is 7.80. The molecule has 2 aromatic carbocycles. The smallest absolute Gasteiger partial charge is 0.169 e. The van der Waals surface area contributed by atoms with Gasteiger partial charge in [0.1, 0.15) is 0 Å². The van der Waals surface area contributed by atoms with Gasteiger partial charge in [0.15, 0.2) is 11.6 Å². The number of ketones is 1. The summed E-state index contributed by atoms with van der Waals surface area (Å²) in [6.45, 7) is 6.34. The standard InChI is InChI=1S/C22H23N3O/c1-15-9-7-8-12-17(15)23-21-20-18(13-22(2,3)14-19(20)26)25(24-21)16-10-5-4-6-11-16/h4-12H,13-14H2,1-3H3,(H,23,24). The molecule has 1 aliphatic carbocycles. The Bertz CT molecular complexity index is 970. The fourth-order valence-corrected chi connectivity index (χ4v) is 3.66. The lowest BCUT2D eigenvalue weighted by Gasteiger charge is -2.29. The SMILES string of the molecule is Cc1ccccc1Nc1nn(-c2ccccc2)c2c1C(=O)CC(C)(C)C2. The summed E-state index contributed by atoms with van der Waals surface area (Å²) in [6, 6.07) is 18.1. The molecule has 3 aromatic rings. The van der Waals surface area contributed by atoms with E-state index in [4.69, 9.17) is 5.10 Å². The van der Waals surface area contributed by atoms with E-state index in [1.807, 2.05) is 66.2 Å². The number of nitrogens with zero attached hydrogens (tertiary/aromatic N) is 2. The van der Waals surface area contributed by atoms with Crippen molar-refractivity contribution < 1.29 is 4.79 Å². The second kappa shape index (κ2) is 6.13. The van der Waals surface area contributed by atoms with Gasteiger partial charge in [0.2, 0.25) is 0 Å². The Hall–Kier alpha value is -2.88. The Balaban J connectivity index is 1.87. The molecule has 0 aliphatic heterocycles. The van der Waals surface area contributed by atoms with E-state index in [1.165, 1.54) is 0 Å². The van der Waals surface area contributed by atoms with Crippen LogP contribution in [0.5, 0.6) is 0 Å². The number of carbonyl (C=O) groups excluding carboxylic acids is 1. The van der Waals surface area contributed by atoms with Gasteiger partial charge in [0.25, 0.3) is 0 Å². The molecule has 4 rings (SSSR count). The Morgan fingerprint density at radius 3 is 2.42 bits per heavy atom. The maximum Gasteiger partial charge on any atom is 0.169 e. The predicted octanol–water partition coefficient (Wildman–Crippen LogP) is 5.08. The number of Topliss-reactive ketones (excluding diaryl/α,β-unsaturated/α-hetero) is 1. The highest BCUT2D eigenvalue weighted by Gasteiger charge is 2.36. The maximum atomic E-state index is 12.9. The Morgan fingerprint density at radius 1 is 1.00 bits per heavy atom. The van der Waals surface area contributed by atoms with Crippen molar-refractivity contribution in [2.24, 2.45) is 5.41 Å². The molecular formula is C22H23N3O. The summed E-state index contributed by atoms with van der Waals surface area (Å²) in [4.78, 5) is 12.9. The van der Waals surface area contributed by atoms with Crippen LogP contribution in [-0.2, 0) is 6.42 Å². The molecule has 4 nitrogen and oxygen atoms in total. The molecule has 4 heteroatoms. The summed E-state index contributed by atoms with van der Waals surface area (Å²) in [5.41, 5.74) is 4.75. The topological polar surface area (TPSA) is 46.9 Å². The van der Waals surface area contributed by atoms with E-state index in [9.17, 15) is 4.79 Å². The average molecular weight is 345 g/mol. The number of aromatic nitrogens is 2. The third-order valence-corrected chi connectivity index (χ3v) is 4.94. The van der Waals surface area contributed by atoms with Crippen LogP contribution in [0.25, 0.3) is 5.69 Å². The predicted molar refractivity (Wildman–Crippen MR) is 104 cm³/mol. The number of fused-ring (bicyclic) bond motifs is 1. The van der Waals surface area contributed by atoms with Crippen LogP contribution in [0.1, 0.15) is 41.9 Å². The minimum Gasteiger partial charge on any atom is -0.338 e. The molecular weight excluding hydrogens is 322 g/mol. The van der Waals surface area contributed by atoms with Crippen LogP contribution >= 0.6 is 0 Å². The molecule has 0 radical (unpaired) electrons. The molecule has 0 fully saturated rings. The number of carbonyl (C=O) groups is 1. The van der Waals surface area contributed by atoms with Gasteiger partial charge in [-0.3, -0.25) is 4.79 Å². The largest absolute Gasteiger partial charge is 0.338 e. The van der Waals surface area contributed by atoms with Gasteiger partial charge in [0.05, 0.1) is 16.9 Å². The molecule has 0 saturated carbocycles. The van der Waals surface area contributed by atoms with Crippen molar-refractivity contribution in [2.45, 2.75) is 33.6 Å². The van der Waals surface area contributed by atoms with Crippen molar-refractivity contribution >= 4 is 17.3 Å². The van der Waals surface area contributed by atoms with Crippen LogP contribution in [0, 0.1) is 12.3 Å². The monoisotopic (exact) mass is 345 g/mol. The Kier molecular flexibility index (Phi) is 3.91. The number of anilines is 2. The molecule has 0 bridgehead atoms. The molecule has 1 N–H and O–H groups in total. The Labute approximate surface area is 153 Å². The van der Waals surface area contributed by atoms with Crippen molar-refractivity contribution in [3.05, 3.63) is 71.4 Å². The normalized spacial score (nSPS) is 15.6. The van der Waals surface area contributed by atoms with E-state index < -0.39 is 0 Å². The third-order valence-electron chi connectivity index (χ3n) is 4.94. The number of hydrogen-bond acceptors (Lipinski definition) is 3. The van der Waals surface area contributed by atoms with Gasteiger partial charge in [-0.2, -0.15) is 0 Å². The fraction of sp³-hybridized carbons (Fsp3) is 0.273. The fourth-order valence-electron chi connectivity index (χ4n) is 3.66. The number of aryl methyl sites for hydroxylation is 1. The zero-order valence-corrected chi connectivity index (χ0v) is 15.4. The number of rotatable bonds is 3. The highest BCUT2D eigenvalue weighted by Crippen LogP contribution is 2.39. The quantitative estimate of drug-likeness (QED) is 0.720. The molecule has 0 atom stereocenters. The highest BCUT2D eigenvalue weighted by molar-refractivity contribution is 6.03. The summed E-state index contributed by atoms with van der Waals surface area (Å²) >= 11 is 0.